The van der Waals surface area contributed by atoms with Gasteiger partial charge in [0.25, 0.3) is 5.72 Å². The Bertz CT molecular complexity index is 751. The zero-order chi connectivity index (χ0) is 15.4. The van der Waals surface area contributed by atoms with E-state index in [-0.39, 0.29) is 5.71 Å². The molecule has 0 aliphatic carbocycles. The van der Waals surface area contributed by atoms with Crippen molar-refractivity contribution < 1.29 is 18.3 Å². The Morgan fingerprint density at radius 1 is 1.38 bits per heavy atom. The van der Waals surface area contributed by atoms with Crippen LogP contribution in [0, 0.1) is 13.8 Å². The van der Waals surface area contributed by atoms with Crippen molar-refractivity contribution in [2.45, 2.75) is 32.2 Å². The van der Waals surface area contributed by atoms with Crippen LogP contribution in [-0.2, 0) is 0 Å². The Morgan fingerprint density at radius 2 is 2.10 bits per heavy atom. The minimum atomic E-state index is -4.81. The number of hydrogen-bond acceptors (Lipinski definition) is 5. The highest BCUT2D eigenvalue weighted by atomic mass is 19.4. The Kier molecular flexibility index (Phi) is 2.74. The van der Waals surface area contributed by atoms with E-state index in [2.05, 4.69) is 15.2 Å². The second kappa shape index (κ2) is 4.17. The Morgan fingerprint density at radius 3 is 2.71 bits per heavy atom. The van der Waals surface area contributed by atoms with Crippen molar-refractivity contribution in [1.82, 2.24) is 20.0 Å². The molecule has 6 nitrogen and oxygen atoms in total. The maximum Gasteiger partial charge on any atom is 0.438 e. The number of hydrazone groups is 1. The molecule has 21 heavy (non-hydrogen) atoms. The summed E-state index contributed by atoms with van der Waals surface area (Å²) in [6, 6.07) is 1.76. The highest BCUT2D eigenvalue weighted by Gasteiger charge is 2.57. The quantitative estimate of drug-likeness (QED) is 0.832. The molecule has 3 rings (SSSR count). The largest absolute Gasteiger partial charge is 0.438 e. The lowest BCUT2D eigenvalue weighted by Crippen LogP contribution is -2.52. The van der Waals surface area contributed by atoms with Crippen molar-refractivity contribution >= 4 is 11.4 Å². The van der Waals surface area contributed by atoms with Crippen molar-refractivity contribution in [2.24, 2.45) is 5.10 Å². The SMILES string of the molecule is Cc1cc2ncc(C3=NN[C@](O)(C(F)(F)F)C3)c(C)n2n1. The van der Waals surface area contributed by atoms with Gasteiger partial charge in [0.2, 0.25) is 0 Å². The molecule has 112 valence electrons. The highest BCUT2D eigenvalue weighted by molar-refractivity contribution is 6.02. The highest BCUT2D eigenvalue weighted by Crippen LogP contribution is 2.35. The third-order valence-corrected chi connectivity index (χ3v) is 3.43. The summed E-state index contributed by atoms with van der Waals surface area (Å²) in [5.74, 6) is 0. The molecule has 3 heterocycles. The fourth-order valence-electron chi connectivity index (χ4n) is 2.25. The number of fused-ring (bicyclic) bond motifs is 1. The van der Waals surface area contributed by atoms with Gasteiger partial charge < -0.3 is 5.11 Å². The number of halogens is 3. The third kappa shape index (κ3) is 2.04. The smallest absolute Gasteiger partial charge is 0.362 e. The standard InChI is InChI=1S/C12H12F3N5O/c1-6-3-10-16-5-8(7(2)20(10)18-6)9-4-11(21,19-17-9)12(13,14)15/h3,5,19,21H,4H2,1-2H3/t11-/m1/s1. The monoisotopic (exact) mass is 299 g/mol. The van der Waals surface area contributed by atoms with Gasteiger partial charge in [0.15, 0.2) is 5.65 Å². The van der Waals surface area contributed by atoms with E-state index in [9.17, 15) is 18.3 Å². The van der Waals surface area contributed by atoms with E-state index in [0.29, 0.717) is 16.9 Å². The van der Waals surface area contributed by atoms with Crippen molar-refractivity contribution in [3.8, 4) is 0 Å². The van der Waals surface area contributed by atoms with Crippen LogP contribution < -0.4 is 5.43 Å². The van der Waals surface area contributed by atoms with Gasteiger partial charge in [-0.1, -0.05) is 0 Å². The number of nitrogens with zero attached hydrogens (tertiary/aromatic N) is 4. The molecule has 1 aliphatic rings. The Balaban J connectivity index is 2.01. The first-order chi connectivity index (χ1) is 9.71. The van der Waals surface area contributed by atoms with Gasteiger partial charge in [-0.3, -0.25) is 5.43 Å². The molecule has 0 unspecified atom stereocenters. The van der Waals surface area contributed by atoms with Gasteiger partial charge in [-0.25, -0.2) is 9.50 Å². The topological polar surface area (TPSA) is 74.8 Å². The first-order valence-corrected chi connectivity index (χ1v) is 6.16. The zero-order valence-electron chi connectivity index (χ0n) is 11.2. The van der Waals surface area contributed by atoms with Crippen LogP contribution in [0.25, 0.3) is 5.65 Å². The molecule has 0 spiro atoms. The lowest BCUT2D eigenvalue weighted by Gasteiger charge is -2.24. The van der Waals surface area contributed by atoms with Crippen molar-refractivity contribution in [3.05, 3.63) is 29.2 Å². The van der Waals surface area contributed by atoms with Gasteiger partial charge in [-0.15, -0.1) is 0 Å². The molecule has 0 saturated carbocycles. The molecule has 1 atom stereocenters. The minimum Gasteiger partial charge on any atom is -0.362 e. The van der Waals surface area contributed by atoms with E-state index >= 15 is 0 Å². The predicted molar refractivity (Wildman–Crippen MR) is 67.8 cm³/mol. The van der Waals surface area contributed by atoms with E-state index in [0.717, 1.165) is 5.69 Å². The van der Waals surface area contributed by atoms with Gasteiger partial charge in [0.05, 0.1) is 23.5 Å². The second-order valence-electron chi connectivity index (χ2n) is 5.02. The number of aromatic nitrogens is 3. The van der Waals surface area contributed by atoms with Gasteiger partial charge in [0, 0.05) is 17.8 Å². The van der Waals surface area contributed by atoms with Crippen LogP contribution in [0.5, 0.6) is 0 Å². The average Bonchev–Trinajstić information content (AvgIpc) is 2.93. The Labute approximate surface area is 117 Å². The zero-order valence-corrected chi connectivity index (χ0v) is 11.2. The number of nitrogens with one attached hydrogen (secondary N) is 1. The summed E-state index contributed by atoms with van der Waals surface area (Å²) in [5.41, 5.74) is 1.20. The summed E-state index contributed by atoms with van der Waals surface area (Å²) >= 11 is 0. The van der Waals surface area contributed by atoms with Crippen molar-refractivity contribution in [1.29, 1.82) is 0 Å². The Hall–Kier alpha value is -2.16. The molecule has 0 amide bonds. The molecule has 0 aromatic carbocycles. The number of aliphatic hydroxyl groups is 1. The molecule has 2 aromatic rings. The van der Waals surface area contributed by atoms with Crippen LogP contribution in [0.2, 0.25) is 0 Å². The van der Waals surface area contributed by atoms with E-state index in [1.165, 1.54) is 10.7 Å². The van der Waals surface area contributed by atoms with E-state index in [1.807, 2.05) is 0 Å². The summed E-state index contributed by atoms with van der Waals surface area (Å²) in [5, 5.41) is 17.4. The van der Waals surface area contributed by atoms with Gasteiger partial charge in [-0.2, -0.15) is 23.4 Å². The summed E-state index contributed by atoms with van der Waals surface area (Å²) in [6.45, 7) is 3.51. The minimum absolute atomic E-state index is 0.0925. The lowest BCUT2D eigenvalue weighted by atomic mass is 10.0. The number of alkyl halides is 3. The molecule has 0 saturated heterocycles. The molecule has 9 heteroatoms. The number of hydrogen-bond donors (Lipinski definition) is 2. The molecule has 0 fully saturated rings. The molecule has 2 N–H and O–H groups in total. The van der Waals surface area contributed by atoms with E-state index in [1.54, 1.807) is 25.3 Å². The van der Waals surface area contributed by atoms with E-state index in [4.69, 9.17) is 0 Å². The molecule has 0 radical (unpaired) electrons. The van der Waals surface area contributed by atoms with Crippen LogP contribution in [-0.4, -0.2) is 37.3 Å². The van der Waals surface area contributed by atoms with Crippen LogP contribution in [0.1, 0.15) is 23.4 Å². The van der Waals surface area contributed by atoms with Crippen LogP contribution in [0.15, 0.2) is 17.4 Å². The lowest BCUT2D eigenvalue weighted by molar-refractivity contribution is -0.266. The fourth-order valence-corrected chi connectivity index (χ4v) is 2.25. The van der Waals surface area contributed by atoms with Gasteiger partial charge in [-0.05, 0) is 13.8 Å². The normalized spacial score (nSPS) is 22.5. The van der Waals surface area contributed by atoms with Gasteiger partial charge in [0.1, 0.15) is 0 Å². The maximum absolute atomic E-state index is 12.8. The molecular formula is C12H12F3N5O. The second-order valence-corrected chi connectivity index (χ2v) is 5.02. The molecule has 2 aromatic heterocycles. The van der Waals surface area contributed by atoms with Gasteiger partial charge >= 0.3 is 6.18 Å². The predicted octanol–water partition coefficient (Wildman–Crippen LogP) is 1.29. The maximum atomic E-state index is 12.8. The van der Waals surface area contributed by atoms with Crippen LogP contribution in [0.4, 0.5) is 13.2 Å². The fraction of sp³-hybridized carbons (Fsp3) is 0.417. The summed E-state index contributed by atoms with van der Waals surface area (Å²) < 4.78 is 39.9. The average molecular weight is 299 g/mol. The summed E-state index contributed by atoms with van der Waals surface area (Å²) in [7, 11) is 0. The van der Waals surface area contributed by atoms with E-state index < -0.39 is 18.3 Å². The van der Waals surface area contributed by atoms with Crippen LogP contribution >= 0.6 is 0 Å². The van der Waals surface area contributed by atoms with Crippen LogP contribution in [0.3, 0.4) is 0 Å². The molecular weight excluding hydrogens is 287 g/mol. The first-order valence-electron chi connectivity index (χ1n) is 6.16. The molecule has 1 aliphatic heterocycles. The molecule has 0 bridgehead atoms. The first kappa shape index (κ1) is 13.8. The summed E-state index contributed by atoms with van der Waals surface area (Å²) in [4.78, 5) is 4.15. The number of rotatable bonds is 1. The van der Waals surface area contributed by atoms with Crippen molar-refractivity contribution in [3.63, 3.8) is 0 Å². The number of aryl methyl sites for hydroxylation is 2. The van der Waals surface area contributed by atoms with Crippen molar-refractivity contribution in [2.75, 3.05) is 0 Å². The third-order valence-electron chi connectivity index (χ3n) is 3.43. The summed E-state index contributed by atoms with van der Waals surface area (Å²) in [6.07, 6.45) is -4.05.